The van der Waals surface area contributed by atoms with E-state index in [9.17, 15) is 22.7 Å². The molecule has 0 saturated heterocycles. The number of rotatable bonds is 8. The number of aryl methyl sites for hydroxylation is 1. The zero-order chi connectivity index (χ0) is 31.7. The van der Waals surface area contributed by atoms with E-state index in [0.29, 0.717) is 24.8 Å². The average molecular weight is 634 g/mol. The average Bonchev–Trinajstić information content (AvgIpc) is 3.42. The SMILES string of the molecule is Cc1ccc(S(=O)(=O)n2cc(-c3ncc(F)c(N[C@H]4CCC[C@@H](NC(=O)c5cc(CO)ccn5)C4)n3)c3cc(F)cnc32)cc1. The number of hydrogen-bond acceptors (Lipinski definition) is 9. The van der Waals surface area contributed by atoms with Crippen LogP contribution in [0, 0.1) is 18.6 Å². The first-order valence-corrected chi connectivity index (χ1v) is 15.7. The third kappa shape index (κ3) is 6.24. The molecule has 1 aliphatic rings. The fraction of sp³-hybridized carbons (Fsp3) is 0.258. The fourth-order valence-corrected chi connectivity index (χ4v) is 6.76. The van der Waals surface area contributed by atoms with Crippen molar-refractivity contribution >= 4 is 32.8 Å². The van der Waals surface area contributed by atoms with E-state index in [2.05, 4.69) is 30.6 Å². The third-order valence-corrected chi connectivity index (χ3v) is 9.40. The van der Waals surface area contributed by atoms with Gasteiger partial charge in [0.1, 0.15) is 11.5 Å². The summed E-state index contributed by atoms with van der Waals surface area (Å²) in [6.07, 6.45) is 7.24. The molecule has 11 nitrogen and oxygen atoms in total. The molecule has 45 heavy (non-hydrogen) atoms. The molecule has 14 heteroatoms. The summed E-state index contributed by atoms with van der Waals surface area (Å²) in [4.78, 5) is 29.4. The molecule has 232 valence electrons. The van der Waals surface area contributed by atoms with Crippen molar-refractivity contribution in [3.05, 3.63) is 95.7 Å². The molecule has 3 N–H and O–H groups in total. The molecule has 1 aromatic carbocycles. The van der Waals surface area contributed by atoms with Gasteiger partial charge in [0.2, 0.25) is 0 Å². The summed E-state index contributed by atoms with van der Waals surface area (Å²) in [5.41, 5.74) is 1.77. The lowest BCUT2D eigenvalue weighted by Gasteiger charge is -2.30. The van der Waals surface area contributed by atoms with Crippen LogP contribution in [0.25, 0.3) is 22.4 Å². The Balaban J connectivity index is 1.27. The van der Waals surface area contributed by atoms with Gasteiger partial charge in [0.05, 0.1) is 23.9 Å². The lowest BCUT2D eigenvalue weighted by atomic mass is 9.91. The van der Waals surface area contributed by atoms with Crippen LogP contribution in [0.3, 0.4) is 0 Å². The van der Waals surface area contributed by atoms with Gasteiger partial charge in [-0.1, -0.05) is 17.7 Å². The van der Waals surface area contributed by atoms with Crippen LogP contribution >= 0.6 is 0 Å². The topological polar surface area (TPSA) is 152 Å². The quantitative estimate of drug-likeness (QED) is 0.226. The highest BCUT2D eigenvalue weighted by atomic mass is 32.2. The fourth-order valence-electron chi connectivity index (χ4n) is 5.44. The Bertz CT molecular complexity index is 2000. The smallest absolute Gasteiger partial charge is 0.270 e. The number of aliphatic hydroxyl groups is 1. The Hall–Kier alpha value is -4.82. The van der Waals surface area contributed by atoms with Gasteiger partial charge in [-0.2, -0.15) is 0 Å². The van der Waals surface area contributed by atoms with E-state index in [4.69, 9.17) is 0 Å². The molecule has 1 fully saturated rings. The number of amides is 1. The summed E-state index contributed by atoms with van der Waals surface area (Å²) in [6.45, 7) is 1.63. The molecule has 1 aliphatic carbocycles. The van der Waals surface area contributed by atoms with Crippen molar-refractivity contribution in [1.29, 1.82) is 0 Å². The number of anilines is 1. The number of fused-ring (bicyclic) bond motifs is 1. The van der Waals surface area contributed by atoms with Crippen LogP contribution in [-0.4, -0.2) is 55.4 Å². The number of aromatic nitrogens is 5. The molecular formula is C31H29F2N7O4S. The predicted molar refractivity (Wildman–Crippen MR) is 162 cm³/mol. The zero-order valence-electron chi connectivity index (χ0n) is 24.1. The van der Waals surface area contributed by atoms with Gasteiger partial charge in [-0.05, 0) is 68.5 Å². The first-order chi connectivity index (χ1) is 21.6. The van der Waals surface area contributed by atoms with E-state index in [-0.39, 0.29) is 63.4 Å². The van der Waals surface area contributed by atoms with Gasteiger partial charge in [0.15, 0.2) is 23.1 Å². The van der Waals surface area contributed by atoms with E-state index >= 15 is 4.39 Å². The molecule has 0 aliphatic heterocycles. The number of benzene rings is 1. The normalized spacial score (nSPS) is 16.9. The van der Waals surface area contributed by atoms with Crippen LogP contribution in [0.5, 0.6) is 0 Å². The molecule has 4 aromatic heterocycles. The molecule has 0 unspecified atom stereocenters. The van der Waals surface area contributed by atoms with Gasteiger partial charge in [0.25, 0.3) is 15.9 Å². The van der Waals surface area contributed by atoms with E-state index in [0.717, 1.165) is 34.4 Å². The van der Waals surface area contributed by atoms with E-state index in [1.54, 1.807) is 18.2 Å². The number of hydrogen-bond donors (Lipinski definition) is 3. The zero-order valence-corrected chi connectivity index (χ0v) is 24.9. The maximum absolute atomic E-state index is 15.0. The molecule has 5 aromatic rings. The van der Waals surface area contributed by atoms with Gasteiger partial charge in [-0.15, -0.1) is 0 Å². The largest absolute Gasteiger partial charge is 0.392 e. The Morgan fingerprint density at radius 1 is 1.04 bits per heavy atom. The van der Waals surface area contributed by atoms with Gasteiger partial charge in [-0.25, -0.2) is 36.1 Å². The van der Waals surface area contributed by atoms with Crippen molar-refractivity contribution < 1.29 is 27.1 Å². The number of nitrogens with one attached hydrogen (secondary N) is 2. The molecule has 0 spiro atoms. The second kappa shape index (κ2) is 12.3. The first kappa shape index (κ1) is 30.2. The number of aliphatic hydroxyl groups excluding tert-OH is 1. The minimum atomic E-state index is -4.13. The molecule has 6 rings (SSSR count). The highest BCUT2D eigenvalue weighted by molar-refractivity contribution is 7.90. The van der Waals surface area contributed by atoms with Gasteiger partial charge < -0.3 is 15.7 Å². The van der Waals surface area contributed by atoms with Crippen molar-refractivity contribution in [3.63, 3.8) is 0 Å². The number of halogens is 2. The summed E-state index contributed by atoms with van der Waals surface area (Å²) < 4.78 is 57.5. The third-order valence-electron chi connectivity index (χ3n) is 7.73. The number of pyridine rings is 2. The standard InChI is InChI=1S/C31H29F2N7O4S/c1-18-5-7-23(8-6-18)45(43,44)40-16-25(24-12-20(32)14-36-30(24)40)28-35-15-26(33)29(39-28)37-21-3-2-4-22(13-21)38-31(42)27-11-19(17-41)9-10-34-27/h5-12,14-16,21-22,41H,2-4,13,17H2,1H3,(H,38,42)(H,35,37,39)/t21-,22+/m0/s1. The summed E-state index contributed by atoms with van der Waals surface area (Å²) in [6, 6.07) is 10.1. The lowest BCUT2D eigenvalue weighted by Crippen LogP contribution is -2.42. The van der Waals surface area contributed by atoms with Crippen molar-refractivity contribution in [3.8, 4) is 11.4 Å². The van der Waals surface area contributed by atoms with Gasteiger partial charge in [0, 0.05) is 35.4 Å². The molecule has 1 amide bonds. The van der Waals surface area contributed by atoms with E-state index in [1.165, 1.54) is 30.6 Å². The van der Waals surface area contributed by atoms with Gasteiger partial charge >= 0.3 is 0 Å². The minimum absolute atomic E-state index is 0.0147. The summed E-state index contributed by atoms with van der Waals surface area (Å²) in [5.74, 6) is -1.92. The molecule has 0 bridgehead atoms. The maximum atomic E-state index is 15.0. The van der Waals surface area contributed by atoms with Crippen LogP contribution in [0.1, 0.15) is 47.3 Å². The highest BCUT2D eigenvalue weighted by Gasteiger charge is 2.27. The Morgan fingerprint density at radius 2 is 1.82 bits per heavy atom. The minimum Gasteiger partial charge on any atom is -0.392 e. The molecule has 0 radical (unpaired) electrons. The predicted octanol–water partition coefficient (Wildman–Crippen LogP) is 4.36. The molecule has 1 saturated carbocycles. The summed E-state index contributed by atoms with van der Waals surface area (Å²) in [5, 5.41) is 15.6. The summed E-state index contributed by atoms with van der Waals surface area (Å²) in [7, 11) is -4.13. The van der Waals surface area contributed by atoms with Crippen LogP contribution in [0.4, 0.5) is 14.6 Å². The van der Waals surface area contributed by atoms with Crippen molar-refractivity contribution in [1.82, 2.24) is 29.2 Å². The van der Waals surface area contributed by atoms with Crippen molar-refractivity contribution in [2.75, 3.05) is 5.32 Å². The Kier molecular flexibility index (Phi) is 8.25. The summed E-state index contributed by atoms with van der Waals surface area (Å²) >= 11 is 0. The molecule has 4 heterocycles. The molecular weight excluding hydrogens is 604 g/mol. The number of carbonyl (C=O) groups is 1. The Labute approximate surface area is 257 Å². The second-order valence-corrected chi connectivity index (χ2v) is 12.8. The van der Waals surface area contributed by atoms with Crippen LogP contribution in [0.15, 0.2) is 72.1 Å². The van der Waals surface area contributed by atoms with E-state index in [1.807, 2.05) is 6.92 Å². The van der Waals surface area contributed by atoms with Crippen LogP contribution in [0.2, 0.25) is 0 Å². The number of carbonyl (C=O) groups excluding carboxylic acids is 1. The Morgan fingerprint density at radius 3 is 2.60 bits per heavy atom. The first-order valence-electron chi connectivity index (χ1n) is 14.3. The number of nitrogens with zero attached hydrogens (tertiary/aromatic N) is 5. The van der Waals surface area contributed by atoms with E-state index < -0.39 is 21.7 Å². The van der Waals surface area contributed by atoms with Crippen LogP contribution in [-0.2, 0) is 16.6 Å². The second-order valence-electron chi connectivity index (χ2n) is 11.0. The monoisotopic (exact) mass is 633 g/mol. The maximum Gasteiger partial charge on any atom is 0.270 e. The van der Waals surface area contributed by atoms with Crippen molar-refractivity contribution in [2.24, 2.45) is 0 Å². The van der Waals surface area contributed by atoms with Gasteiger partial charge in [-0.3, -0.25) is 9.78 Å². The van der Waals surface area contributed by atoms with Crippen LogP contribution < -0.4 is 10.6 Å². The molecule has 2 atom stereocenters. The van der Waals surface area contributed by atoms with Crippen molar-refractivity contribution in [2.45, 2.75) is 56.2 Å². The lowest BCUT2D eigenvalue weighted by molar-refractivity contribution is 0.0921. The highest BCUT2D eigenvalue weighted by Crippen LogP contribution is 2.32.